The molecule has 0 bridgehead atoms. The maximum atomic E-state index is 5.16. The third kappa shape index (κ3) is 4.73. The molecule has 0 spiro atoms. The van der Waals surface area contributed by atoms with Crippen LogP contribution in [0.25, 0.3) is 0 Å². The van der Waals surface area contributed by atoms with Gasteiger partial charge in [0.05, 0.1) is 6.61 Å². The van der Waals surface area contributed by atoms with Crippen molar-refractivity contribution >= 4 is 0 Å². The van der Waals surface area contributed by atoms with Gasteiger partial charge in [0.25, 0.3) is 0 Å². The number of nitrogens with one attached hydrogen (secondary N) is 1. The molecular formula is C16H32N2O. The molecular weight excluding hydrogens is 236 g/mol. The topological polar surface area (TPSA) is 24.5 Å². The van der Waals surface area contributed by atoms with E-state index in [0.717, 1.165) is 36.9 Å². The van der Waals surface area contributed by atoms with Gasteiger partial charge in [0.15, 0.2) is 0 Å². The standard InChI is InChI=1S/C16H32N2O/c1-13-4-5-16(10-14(13)2)17-11-15-6-7-18(12-15)8-9-19-3/h13-17H,4-12H2,1-3H3. The monoisotopic (exact) mass is 268 g/mol. The molecule has 0 aromatic rings. The van der Waals surface area contributed by atoms with Gasteiger partial charge in [-0.05, 0) is 56.5 Å². The second-order valence-electron chi connectivity index (χ2n) is 6.82. The Kier molecular flexibility index (Phi) is 6.11. The molecule has 0 aromatic carbocycles. The van der Waals surface area contributed by atoms with Crippen molar-refractivity contribution in [2.45, 2.75) is 45.6 Å². The SMILES string of the molecule is COCCN1CCC(CNC2CCC(C)C(C)C2)C1. The number of hydrogen-bond donors (Lipinski definition) is 1. The van der Waals surface area contributed by atoms with Crippen LogP contribution in [0, 0.1) is 17.8 Å². The van der Waals surface area contributed by atoms with Crippen molar-refractivity contribution < 1.29 is 4.74 Å². The first-order valence-corrected chi connectivity index (χ1v) is 8.13. The first kappa shape index (κ1) is 15.3. The molecule has 1 saturated heterocycles. The molecule has 4 unspecified atom stereocenters. The molecule has 2 aliphatic rings. The Morgan fingerprint density at radius 2 is 2.00 bits per heavy atom. The largest absolute Gasteiger partial charge is 0.383 e. The molecule has 2 rings (SSSR count). The summed E-state index contributed by atoms with van der Waals surface area (Å²) in [6, 6.07) is 0.777. The van der Waals surface area contributed by atoms with Gasteiger partial charge in [-0.25, -0.2) is 0 Å². The van der Waals surface area contributed by atoms with Crippen molar-refractivity contribution in [3.8, 4) is 0 Å². The van der Waals surface area contributed by atoms with Crippen molar-refractivity contribution in [3.63, 3.8) is 0 Å². The van der Waals surface area contributed by atoms with Crippen LogP contribution in [0.2, 0.25) is 0 Å². The van der Waals surface area contributed by atoms with E-state index in [4.69, 9.17) is 4.74 Å². The van der Waals surface area contributed by atoms with Gasteiger partial charge in [-0.15, -0.1) is 0 Å². The Hall–Kier alpha value is -0.120. The fraction of sp³-hybridized carbons (Fsp3) is 1.00. The van der Waals surface area contributed by atoms with Gasteiger partial charge in [0.1, 0.15) is 0 Å². The van der Waals surface area contributed by atoms with E-state index >= 15 is 0 Å². The molecule has 4 atom stereocenters. The minimum absolute atomic E-state index is 0.777. The zero-order chi connectivity index (χ0) is 13.7. The van der Waals surface area contributed by atoms with Crippen LogP contribution < -0.4 is 5.32 Å². The Balaban J connectivity index is 1.61. The predicted octanol–water partition coefficient (Wildman–Crippen LogP) is 2.37. The summed E-state index contributed by atoms with van der Waals surface area (Å²) < 4.78 is 5.16. The number of ether oxygens (including phenoxy) is 1. The van der Waals surface area contributed by atoms with Gasteiger partial charge < -0.3 is 15.0 Å². The predicted molar refractivity (Wildman–Crippen MR) is 80.4 cm³/mol. The molecule has 1 N–H and O–H groups in total. The summed E-state index contributed by atoms with van der Waals surface area (Å²) in [7, 11) is 1.79. The molecule has 2 fully saturated rings. The summed E-state index contributed by atoms with van der Waals surface area (Å²) in [4.78, 5) is 2.54. The first-order chi connectivity index (χ1) is 9.19. The molecule has 112 valence electrons. The molecule has 1 aliphatic heterocycles. The minimum atomic E-state index is 0.777. The molecule has 0 aromatic heterocycles. The van der Waals surface area contributed by atoms with Crippen LogP contribution in [-0.2, 0) is 4.74 Å². The van der Waals surface area contributed by atoms with Gasteiger partial charge in [-0.3, -0.25) is 0 Å². The lowest BCUT2D eigenvalue weighted by molar-refractivity contribution is 0.158. The normalized spacial score (nSPS) is 36.8. The Morgan fingerprint density at radius 1 is 1.16 bits per heavy atom. The van der Waals surface area contributed by atoms with E-state index in [1.54, 1.807) is 7.11 Å². The van der Waals surface area contributed by atoms with Gasteiger partial charge in [-0.2, -0.15) is 0 Å². The van der Waals surface area contributed by atoms with Crippen LogP contribution >= 0.6 is 0 Å². The molecule has 19 heavy (non-hydrogen) atoms. The van der Waals surface area contributed by atoms with Crippen LogP contribution in [0.3, 0.4) is 0 Å². The average Bonchev–Trinajstić information content (AvgIpc) is 2.86. The van der Waals surface area contributed by atoms with Crippen LogP contribution in [0.1, 0.15) is 39.5 Å². The summed E-state index contributed by atoms with van der Waals surface area (Å²) in [6.07, 6.45) is 5.52. The van der Waals surface area contributed by atoms with Crippen molar-refractivity contribution in [3.05, 3.63) is 0 Å². The lowest BCUT2D eigenvalue weighted by Crippen LogP contribution is -2.39. The van der Waals surface area contributed by atoms with Gasteiger partial charge in [-0.1, -0.05) is 13.8 Å². The summed E-state index contributed by atoms with van der Waals surface area (Å²) in [5.74, 6) is 2.67. The second kappa shape index (κ2) is 7.61. The van der Waals surface area contributed by atoms with E-state index < -0.39 is 0 Å². The van der Waals surface area contributed by atoms with E-state index in [1.165, 1.54) is 45.3 Å². The number of methoxy groups -OCH3 is 1. The number of hydrogen-bond acceptors (Lipinski definition) is 3. The summed E-state index contributed by atoms with van der Waals surface area (Å²) in [5, 5.41) is 3.83. The molecule has 1 aliphatic carbocycles. The zero-order valence-electron chi connectivity index (χ0n) is 13.0. The number of likely N-dealkylation sites (tertiary alicyclic amines) is 1. The number of nitrogens with zero attached hydrogens (tertiary/aromatic N) is 1. The Bertz CT molecular complexity index is 259. The average molecular weight is 268 g/mol. The fourth-order valence-electron chi connectivity index (χ4n) is 3.57. The molecule has 3 nitrogen and oxygen atoms in total. The highest BCUT2D eigenvalue weighted by Gasteiger charge is 2.26. The van der Waals surface area contributed by atoms with E-state index in [9.17, 15) is 0 Å². The molecule has 1 heterocycles. The summed E-state index contributed by atoms with van der Waals surface area (Å²) in [5.41, 5.74) is 0. The first-order valence-electron chi connectivity index (χ1n) is 8.13. The van der Waals surface area contributed by atoms with Gasteiger partial charge in [0, 0.05) is 26.2 Å². The van der Waals surface area contributed by atoms with Crippen molar-refractivity contribution in [1.29, 1.82) is 0 Å². The lowest BCUT2D eigenvalue weighted by Gasteiger charge is -2.33. The smallest absolute Gasteiger partial charge is 0.0589 e. The third-order valence-electron chi connectivity index (χ3n) is 5.27. The third-order valence-corrected chi connectivity index (χ3v) is 5.27. The van der Waals surface area contributed by atoms with Gasteiger partial charge >= 0.3 is 0 Å². The fourth-order valence-corrected chi connectivity index (χ4v) is 3.57. The Labute approximate surface area is 119 Å². The van der Waals surface area contributed by atoms with Crippen LogP contribution in [0.4, 0.5) is 0 Å². The lowest BCUT2D eigenvalue weighted by atomic mass is 9.79. The quantitative estimate of drug-likeness (QED) is 0.800. The molecule has 1 saturated carbocycles. The molecule has 3 heteroatoms. The Morgan fingerprint density at radius 3 is 2.74 bits per heavy atom. The number of rotatable bonds is 6. The van der Waals surface area contributed by atoms with Crippen molar-refractivity contribution in [2.24, 2.45) is 17.8 Å². The van der Waals surface area contributed by atoms with Crippen molar-refractivity contribution in [2.75, 3.05) is 39.9 Å². The summed E-state index contributed by atoms with van der Waals surface area (Å²) in [6.45, 7) is 10.5. The van der Waals surface area contributed by atoms with Crippen LogP contribution in [-0.4, -0.2) is 50.8 Å². The van der Waals surface area contributed by atoms with E-state index in [1.807, 2.05) is 0 Å². The van der Waals surface area contributed by atoms with E-state index in [-0.39, 0.29) is 0 Å². The highest BCUT2D eigenvalue weighted by atomic mass is 16.5. The van der Waals surface area contributed by atoms with Crippen LogP contribution in [0.5, 0.6) is 0 Å². The molecule has 0 amide bonds. The second-order valence-corrected chi connectivity index (χ2v) is 6.82. The minimum Gasteiger partial charge on any atom is -0.383 e. The molecule has 0 radical (unpaired) electrons. The maximum Gasteiger partial charge on any atom is 0.0589 e. The summed E-state index contributed by atoms with van der Waals surface area (Å²) >= 11 is 0. The highest BCUT2D eigenvalue weighted by Crippen LogP contribution is 2.29. The van der Waals surface area contributed by atoms with Gasteiger partial charge in [0.2, 0.25) is 0 Å². The van der Waals surface area contributed by atoms with Crippen LogP contribution in [0.15, 0.2) is 0 Å². The highest BCUT2D eigenvalue weighted by molar-refractivity contribution is 4.83. The zero-order valence-corrected chi connectivity index (χ0v) is 13.0. The maximum absolute atomic E-state index is 5.16. The van der Waals surface area contributed by atoms with E-state index in [0.29, 0.717) is 0 Å². The van der Waals surface area contributed by atoms with E-state index in [2.05, 4.69) is 24.1 Å². The van der Waals surface area contributed by atoms with Crippen molar-refractivity contribution in [1.82, 2.24) is 10.2 Å².